The molecule has 1 N–H and O–H groups in total. The standard InChI is InChI=1S/C21H29N3O/c1-16(15-24-13-12-22-17(24)2)14-23-21(25)20-10-8-19(9-11-20)18-6-4-3-5-7-18/h8-13,16,18H,3-7,14-15H2,1-2H3,(H,23,25). The van der Waals surface area contributed by atoms with Crippen LogP contribution in [0.4, 0.5) is 0 Å². The number of amides is 1. The number of carbonyl (C=O) groups is 1. The molecule has 1 unspecified atom stereocenters. The monoisotopic (exact) mass is 339 g/mol. The summed E-state index contributed by atoms with van der Waals surface area (Å²) in [6.45, 7) is 5.68. The number of aromatic nitrogens is 2. The molecule has 2 aromatic rings. The normalized spacial score (nSPS) is 16.6. The van der Waals surface area contributed by atoms with Gasteiger partial charge in [0, 0.05) is 31.0 Å². The van der Waals surface area contributed by atoms with Crippen LogP contribution in [-0.4, -0.2) is 22.0 Å². The highest BCUT2D eigenvalue weighted by molar-refractivity contribution is 5.94. The lowest BCUT2D eigenvalue weighted by Gasteiger charge is -2.22. The predicted octanol–water partition coefficient (Wildman–Crippen LogP) is 4.31. The molecule has 25 heavy (non-hydrogen) atoms. The van der Waals surface area contributed by atoms with Crippen LogP contribution in [0.1, 0.15) is 66.7 Å². The number of nitrogens with one attached hydrogen (secondary N) is 1. The van der Waals surface area contributed by atoms with Crippen molar-refractivity contribution in [2.75, 3.05) is 6.54 Å². The molecule has 1 aliphatic rings. The molecule has 1 amide bonds. The molecule has 3 rings (SSSR count). The largest absolute Gasteiger partial charge is 0.352 e. The van der Waals surface area contributed by atoms with E-state index in [0.717, 1.165) is 17.9 Å². The van der Waals surface area contributed by atoms with E-state index in [0.29, 0.717) is 18.4 Å². The first-order chi connectivity index (χ1) is 12.1. The molecule has 4 heteroatoms. The molecule has 0 aliphatic heterocycles. The van der Waals surface area contributed by atoms with E-state index in [4.69, 9.17) is 0 Å². The molecule has 1 fully saturated rings. The maximum Gasteiger partial charge on any atom is 0.251 e. The van der Waals surface area contributed by atoms with Gasteiger partial charge in [-0.15, -0.1) is 0 Å². The number of hydrogen-bond donors (Lipinski definition) is 1. The smallest absolute Gasteiger partial charge is 0.251 e. The average molecular weight is 339 g/mol. The molecule has 1 aliphatic carbocycles. The quantitative estimate of drug-likeness (QED) is 0.852. The van der Waals surface area contributed by atoms with Crippen molar-refractivity contribution >= 4 is 5.91 Å². The number of imidazole rings is 1. The Kier molecular flexibility index (Phi) is 5.90. The summed E-state index contributed by atoms with van der Waals surface area (Å²) in [6, 6.07) is 8.24. The number of nitrogens with zero attached hydrogens (tertiary/aromatic N) is 2. The Morgan fingerprint density at radius 2 is 1.96 bits per heavy atom. The van der Waals surface area contributed by atoms with Crippen molar-refractivity contribution in [3.05, 3.63) is 53.6 Å². The van der Waals surface area contributed by atoms with Gasteiger partial charge in [0.05, 0.1) is 0 Å². The third-order valence-electron chi connectivity index (χ3n) is 5.29. The molecule has 0 saturated heterocycles. The number of aryl methyl sites for hydroxylation is 1. The molecule has 1 heterocycles. The molecular weight excluding hydrogens is 310 g/mol. The average Bonchev–Trinajstić information content (AvgIpc) is 3.05. The van der Waals surface area contributed by atoms with Crippen molar-refractivity contribution in [2.45, 2.75) is 58.4 Å². The highest BCUT2D eigenvalue weighted by atomic mass is 16.1. The summed E-state index contributed by atoms with van der Waals surface area (Å²) in [6.07, 6.45) is 10.4. The zero-order valence-corrected chi connectivity index (χ0v) is 15.4. The van der Waals surface area contributed by atoms with Gasteiger partial charge >= 0.3 is 0 Å². The van der Waals surface area contributed by atoms with Gasteiger partial charge in [-0.25, -0.2) is 4.98 Å². The molecule has 1 aromatic carbocycles. The fourth-order valence-electron chi connectivity index (χ4n) is 3.71. The molecule has 1 aromatic heterocycles. The molecule has 1 saturated carbocycles. The van der Waals surface area contributed by atoms with E-state index < -0.39 is 0 Å². The van der Waals surface area contributed by atoms with E-state index in [1.165, 1.54) is 37.7 Å². The van der Waals surface area contributed by atoms with Crippen LogP contribution in [0.3, 0.4) is 0 Å². The van der Waals surface area contributed by atoms with Gasteiger partial charge in [-0.1, -0.05) is 38.3 Å². The van der Waals surface area contributed by atoms with Crippen LogP contribution in [0.25, 0.3) is 0 Å². The van der Waals surface area contributed by atoms with E-state index >= 15 is 0 Å². The van der Waals surface area contributed by atoms with Crippen LogP contribution in [0, 0.1) is 12.8 Å². The highest BCUT2D eigenvalue weighted by Gasteiger charge is 2.16. The van der Waals surface area contributed by atoms with Crippen LogP contribution in [0.2, 0.25) is 0 Å². The first kappa shape index (κ1) is 17.7. The number of rotatable bonds is 6. The number of benzene rings is 1. The Balaban J connectivity index is 1.50. The Morgan fingerprint density at radius 1 is 1.24 bits per heavy atom. The first-order valence-corrected chi connectivity index (χ1v) is 9.49. The van der Waals surface area contributed by atoms with Gasteiger partial charge in [0.25, 0.3) is 5.91 Å². The van der Waals surface area contributed by atoms with Gasteiger partial charge in [-0.05, 0) is 49.3 Å². The van der Waals surface area contributed by atoms with Crippen molar-refractivity contribution in [1.82, 2.24) is 14.9 Å². The summed E-state index contributed by atoms with van der Waals surface area (Å²) in [4.78, 5) is 16.6. The van der Waals surface area contributed by atoms with Crippen molar-refractivity contribution in [3.8, 4) is 0 Å². The Bertz CT molecular complexity index is 683. The third-order valence-corrected chi connectivity index (χ3v) is 5.29. The van der Waals surface area contributed by atoms with Crippen molar-refractivity contribution < 1.29 is 4.79 Å². The summed E-state index contributed by atoms with van der Waals surface area (Å²) in [5.41, 5.74) is 2.14. The van der Waals surface area contributed by atoms with Crippen molar-refractivity contribution in [2.24, 2.45) is 5.92 Å². The minimum absolute atomic E-state index is 0.0180. The second kappa shape index (κ2) is 8.32. The van der Waals surface area contributed by atoms with Crippen LogP contribution in [0.5, 0.6) is 0 Å². The Labute approximate surface area is 150 Å². The van der Waals surface area contributed by atoms with Crippen molar-refractivity contribution in [3.63, 3.8) is 0 Å². The second-order valence-corrected chi connectivity index (χ2v) is 7.40. The first-order valence-electron chi connectivity index (χ1n) is 9.49. The minimum Gasteiger partial charge on any atom is -0.352 e. The fourth-order valence-corrected chi connectivity index (χ4v) is 3.71. The zero-order chi connectivity index (χ0) is 17.6. The predicted molar refractivity (Wildman–Crippen MR) is 101 cm³/mol. The third kappa shape index (κ3) is 4.71. The molecule has 0 bridgehead atoms. The highest BCUT2D eigenvalue weighted by Crippen LogP contribution is 2.32. The summed E-state index contributed by atoms with van der Waals surface area (Å²) < 4.78 is 2.12. The Hall–Kier alpha value is -2.10. The topological polar surface area (TPSA) is 46.9 Å². The van der Waals surface area contributed by atoms with E-state index in [9.17, 15) is 4.79 Å². The van der Waals surface area contributed by atoms with Crippen molar-refractivity contribution in [1.29, 1.82) is 0 Å². The van der Waals surface area contributed by atoms with E-state index in [-0.39, 0.29) is 5.91 Å². The maximum absolute atomic E-state index is 12.4. The number of hydrogen-bond acceptors (Lipinski definition) is 2. The molecule has 0 spiro atoms. The summed E-state index contributed by atoms with van der Waals surface area (Å²) >= 11 is 0. The zero-order valence-electron chi connectivity index (χ0n) is 15.4. The van der Waals surface area contributed by atoms with Crippen LogP contribution in [-0.2, 0) is 6.54 Å². The molecule has 134 valence electrons. The summed E-state index contributed by atoms with van der Waals surface area (Å²) in [7, 11) is 0. The molecule has 1 atom stereocenters. The fraction of sp³-hybridized carbons (Fsp3) is 0.524. The summed E-state index contributed by atoms with van der Waals surface area (Å²) in [5.74, 6) is 2.07. The van der Waals surface area contributed by atoms with Crippen LogP contribution in [0.15, 0.2) is 36.7 Å². The second-order valence-electron chi connectivity index (χ2n) is 7.40. The van der Waals surface area contributed by atoms with E-state index in [1.807, 2.05) is 31.5 Å². The van der Waals surface area contributed by atoms with Gasteiger partial charge in [-0.2, -0.15) is 0 Å². The SMILES string of the molecule is Cc1nccn1CC(C)CNC(=O)c1ccc(C2CCCCC2)cc1. The van der Waals surface area contributed by atoms with Gasteiger partial charge in [0.15, 0.2) is 0 Å². The number of carbonyl (C=O) groups excluding carboxylic acids is 1. The van der Waals surface area contributed by atoms with Gasteiger partial charge < -0.3 is 9.88 Å². The summed E-state index contributed by atoms with van der Waals surface area (Å²) in [5, 5.41) is 3.06. The maximum atomic E-state index is 12.4. The Morgan fingerprint density at radius 3 is 2.60 bits per heavy atom. The minimum atomic E-state index is 0.0180. The lowest BCUT2D eigenvalue weighted by atomic mass is 9.84. The lowest BCUT2D eigenvalue weighted by Crippen LogP contribution is -2.30. The van der Waals surface area contributed by atoms with Gasteiger partial charge in [-0.3, -0.25) is 4.79 Å². The van der Waals surface area contributed by atoms with Crippen LogP contribution >= 0.6 is 0 Å². The van der Waals surface area contributed by atoms with Gasteiger partial charge in [0.1, 0.15) is 5.82 Å². The molecule has 4 nitrogen and oxygen atoms in total. The lowest BCUT2D eigenvalue weighted by molar-refractivity contribution is 0.0947. The van der Waals surface area contributed by atoms with Gasteiger partial charge in [0.2, 0.25) is 0 Å². The molecular formula is C21H29N3O. The van der Waals surface area contributed by atoms with Crippen LogP contribution < -0.4 is 5.32 Å². The molecule has 0 radical (unpaired) electrons. The van der Waals surface area contributed by atoms with E-state index in [1.54, 1.807) is 0 Å². The van der Waals surface area contributed by atoms with E-state index in [2.05, 4.69) is 33.9 Å².